The highest BCUT2D eigenvalue weighted by molar-refractivity contribution is 5.99. The average Bonchev–Trinajstić information content (AvgIpc) is 3.24. The Morgan fingerprint density at radius 3 is 2.74 bits per heavy atom. The number of methoxy groups -OCH3 is 1. The largest absolute Gasteiger partial charge is 0.495 e. The van der Waals surface area contributed by atoms with Crippen LogP contribution in [0.1, 0.15) is 49.9 Å². The van der Waals surface area contributed by atoms with Crippen LogP contribution in [0, 0.1) is 5.41 Å². The molecule has 0 atom stereocenters. The first kappa shape index (κ1) is 20.9. The molecule has 1 saturated carbocycles. The molecule has 0 spiro atoms. The highest BCUT2D eigenvalue weighted by Crippen LogP contribution is 2.39. The number of carboxylic acids is 1. The summed E-state index contributed by atoms with van der Waals surface area (Å²) < 4.78 is 5.34. The molecular weight excluding hydrogens is 398 g/mol. The number of hydrogen-bond donors (Lipinski definition) is 3. The minimum atomic E-state index is -1.09. The van der Waals surface area contributed by atoms with Crippen LogP contribution in [0.2, 0.25) is 0 Å². The maximum atomic E-state index is 12.7. The Morgan fingerprint density at radius 1 is 1.32 bits per heavy atom. The standard InChI is InChI=1S/C22H27N5O4/c1-22(2)12-27(13-7-4-5-8-13)18-15(24-20(22)30)11-23-21(26-18)25-17-14(19(28)29)9-6-10-16(17)31-3/h6,9-11,13H,4-5,7-8,12H2,1-3H3,(H,24,30)(H,28,29)(H,23,25,26). The van der Waals surface area contributed by atoms with Gasteiger partial charge in [-0.25, -0.2) is 9.78 Å². The van der Waals surface area contributed by atoms with Gasteiger partial charge in [-0.15, -0.1) is 0 Å². The zero-order valence-electron chi connectivity index (χ0n) is 17.9. The molecule has 9 nitrogen and oxygen atoms in total. The van der Waals surface area contributed by atoms with Crippen molar-refractivity contribution >= 4 is 35.0 Å². The van der Waals surface area contributed by atoms with Gasteiger partial charge in [0.2, 0.25) is 11.9 Å². The van der Waals surface area contributed by atoms with E-state index < -0.39 is 11.4 Å². The van der Waals surface area contributed by atoms with Gasteiger partial charge in [-0.05, 0) is 38.8 Å². The number of para-hydroxylation sites is 1. The number of aromatic nitrogens is 2. The average molecular weight is 425 g/mol. The van der Waals surface area contributed by atoms with Gasteiger partial charge in [0.25, 0.3) is 0 Å². The summed E-state index contributed by atoms with van der Waals surface area (Å²) in [7, 11) is 1.48. The van der Waals surface area contributed by atoms with Crippen molar-refractivity contribution in [1.82, 2.24) is 9.97 Å². The molecule has 1 fully saturated rings. The summed E-state index contributed by atoms with van der Waals surface area (Å²) in [5.74, 6) is 0.104. The summed E-state index contributed by atoms with van der Waals surface area (Å²) in [5, 5.41) is 15.5. The lowest BCUT2D eigenvalue weighted by Crippen LogP contribution is -2.43. The molecule has 31 heavy (non-hydrogen) atoms. The van der Waals surface area contributed by atoms with Gasteiger partial charge in [-0.3, -0.25) is 4.79 Å². The molecule has 1 amide bonds. The van der Waals surface area contributed by atoms with Crippen molar-refractivity contribution in [2.24, 2.45) is 5.41 Å². The summed E-state index contributed by atoms with van der Waals surface area (Å²) in [6.45, 7) is 4.40. The minimum absolute atomic E-state index is 0.0555. The van der Waals surface area contributed by atoms with E-state index in [1.807, 2.05) is 13.8 Å². The van der Waals surface area contributed by atoms with Crippen LogP contribution in [0.25, 0.3) is 0 Å². The molecule has 3 N–H and O–H groups in total. The molecule has 1 aliphatic heterocycles. The quantitative estimate of drug-likeness (QED) is 0.665. The summed E-state index contributed by atoms with van der Waals surface area (Å²) in [6, 6.07) is 5.08. The molecule has 0 saturated heterocycles. The Balaban J connectivity index is 1.76. The highest BCUT2D eigenvalue weighted by Gasteiger charge is 2.39. The van der Waals surface area contributed by atoms with Gasteiger partial charge < -0.3 is 25.4 Å². The van der Waals surface area contributed by atoms with Crippen molar-refractivity contribution in [3.05, 3.63) is 30.0 Å². The Hall–Kier alpha value is -3.36. The summed E-state index contributed by atoms with van der Waals surface area (Å²) in [4.78, 5) is 35.7. The smallest absolute Gasteiger partial charge is 0.337 e. The van der Waals surface area contributed by atoms with Crippen LogP contribution < -0.4 is 20.3 Å². The van der Waals surface area contributed by atoms with Crippen LogP contribution in [0.5, 0.6) is 5.75 Å². The second-order valence-electron chi connectivity index (χ2n) is 8.65. The van der Waals surface area contributed by atoms with E-state index in [0.29, 0.717) is 29.8 Å². The van der Waals surface area contributed by atoms with Crippen LogP contribution in [-0.2, 0) is 4.79 Å². The van der Waals surface area contributed by atoms with Crippen LogP contribution >= 0.6 is 0 Å². The number of fused-ring (bicyclic) bond motifs is 1. The lowest BCUT2D eigenvalue weighted by atomic mass is 9.91. The third kappa shape index (κ3) is 3.99. The highest BCUT2D eigenvalue weighted by atomic mass is 16.5. The molecule has 2 heterocycles. The number of hydrogen-bond acceptors (Lipinski definition) is 7. The first-order valence-corrected chi connectivity index (χ1v) is 10.4. The molecule has 4 rings (SSSR count). The van der Waals surface area contributed by atoms with Crippen molar-refractivity contribution in [3.63, 3.8) is 0 Å². The zero-order chi connectivity index (χ0) is 22.2. The van der Waals surface area contributed by atoms with Crippen LogP contribution in [0.15, 0.2) is 24.4 Å². The number of benzene rings is 1. The van der Waals surface area contributed by atoms with Crippen molar-refractivity contribution in [3.8, 4) is 5.75 Å². The van der Waals surface area contributed by atoms with E-state index in [1.165, 1.54) is 13.2 Å². The van der Waals surface area contributed by atoms with Gasteiger partial charge in [0.05, 0.1) is 30.0 Å². The van der Waals surface area contributed by atoms with Crippen molar-refractivity contribution in [1.29, 1.82) is 0 Å². The second-order valence-corrected chi connectivity index (χ2v) is 8.65. The van der Waals surface area contributed by atoms with Gasteiger partial charge in [0.15, 0.2) is 5.82 Å². The first-order chi connectivity index (χ1) is 14.8. The van der Waals surface area contributed by atoms with Gasteiger partial charge in [-0.2, -0.15) is 4.98 Å². The predicted molar refractivity (Wildman–Crippen MR) is 117 cm³/mol. The zero-order valence-corrected chi connectivity index (χ0v) is 17.9. The SMILES string of the molecule is COc1cccc(C(=O)O)c1Nc1ncc2c(n1)N(C1CCCC1)CC(C)(C)C(=O)N2. The Morgan fingerprint density at radius 2 is 2.06 bits per heavy atom. The fraction of sp³-hybridized carbons (Fsp3) is 0.455. The molecule has 1 aliphatic carbocycles. The minimum Gasteiger partial charge on any atom is -0.495 e. The Kier molecular flexibility index (Phi) is 5.43. The molecule has 0 radical (unpaired) electrons. The van der Waals surface area contributed by atoms with Crippen LogP contribution in [0.4, 0.5) is 23.1 Å². The lowest BCUT2D eigenvalue weighted by molar-refractivity contribution is -0.123. The Bertz CT molecular complexity index is 1020. The van der Waals surface area contributed by atoms with E-state index in [4.69, 9.17) is 9.72 Å². The molecular formula is C22H27N5O4. The molecule has 1 aromatic heterocycles. The van der Waals surface area contributed by atoms with Gasteiger partial charge in [0, 0.05) is 12.6 Å². The van der Waals surface area contributed by atoms with Gasteiger partial charge in [-0.1, -0.05) is 18.9 Å². The van der Waals surface area contributed by atoms with Crippen molar-refractivity contribution in [2.75, 3.05) is 29.2 Å². The summed E-state index contributed by atoms with van der Waals surface area (Å²) in [5.41, 5.74) is 0.310. The number of rotatable bonds is 5. The number of nitrogens with one attached hydrogen (secondary N) is 2. The Labute approximate surface area is 180 Å². The van der Waals surface area contributed by atoms with E-state index in [1.54, 1.807) is 18.3 Å². The second kappa shape index (κ2) is 8.05. The van der Waals surface area contributed by atoms with E-state index in [9.17, 15) is 14.7 Å². The van der Waals surface area contributed by atoms with Gasteiger partial charge >= 0.3 is 5.97 Å². The number of aromatic carboxylic acids is 1. The van der Waals surface area contributed by atoms with E-state index >= 15 is 0 Å². The normalized spacial score (nSPS) is 18.2. The van der Waals surface area contributed by atoms with Crippen LogP contribution in [0.3, 0.4) is 0 Å². The van der Waals surface area contributed by atoms with E-state index in [-0.39, 0.29) is 23.1 Å². The number of carbonyl (C=O) groups is 2. The number of carbonyl (C=O) groups excluding carboxylic acids is 1. The molecule has 1 aromatic carbocycles. The molecule has 0 bridgehead atoms. The van der Waals surface area contributed by atoms with E-state index in [2.05, 4.69) is 20.5 Å². The number of amides is 1. The number of carboxylic acid groups (broad SMARTS) is 1. The van der Waals surface area contributed by atoms with Crippen LogP contribution in [-0.4, -0.2) is 46.6 Å². The summed E-state index contributed by atoms with van der Waals surface area (Å²) in [6.07, 6.45) is 5.97. The molecule has 9 heteroatoms. The van der Waals surface area contributed by atoms with Crippen molar-refractivity contribution in [2.45, 2.75) is 45.6 Å². The predicted octanol–water partition coefficient (Wildman–Crippen LogP) is 3.65. The van der Waals surface area contributed by atoms with Crippen molar-refractivity contribution < 1.29 is 19.4 Å². The van der Waals surface area contributed by atoms with E-state index in [0.717, 1.165) is 25.7 Å². The number of ether oxygens (including phenoxy) is 1. The maximum Gasteiger partial charge on any atom is 0.337 e. The third-order valence-electron chi connectivity index (χ3n) is 5.95. The topological polar surface area (TPSA) is 117 Å². The summed E-state index contributed by atoms with van der Waals surface area (Å²) >= 11 is 0. The molecule has 0 unspecified atom stereocenters. The fourth-order valence-electron chi connectivity index (χ4n) is 4.24. The molecule has 2 aliphatic rings. The number of anilines is 4. The third-order valence-corrected chi connectivity index (χ3v) is 5.95. The lowest BCUT2D eigenvalue weighted by Gasteiger charge is -2.34. The maximum absolute atomic E-state index is 12.7. The van der Waals surface area contributed by atoms with Gasteiger partial charge in [0.1, 0.15) is 11.4 Å². The number of nitrogens with zero attached hydrogens (tertiary/aromatic N) is 3. The monoisotopic (exact) mass is 425 g/mol. The fourth-order valence-corrected chi connectivity index (χ4v) is 4.24. The molecule has 164 valence electrons. The first-order valence-electron chi connectivity index (χ1n) is 10.4. The molecule has 2 aromatic rings.